The number of nitrogens with one attached hydrogen (secondary N) is 2. The molecule has 0 aliphatic carbocycles. The first kappa shape index (κ1) is 51.7. The van der Waals surface area contributed by atoms with Gasteiger partial charge < -0.3 is 29.8 Å². The number of H-pyrrole nitrogens is 1. The maximum absolute atomic E-state index is 12.4. The summed E-state index contributed by atoms with van der Waals surface area (Å²) in [6, 6.07) is 41.0. The molecule has 0 atom stereocenters. The van der Waals surface area contributed by atoms with E-state index in [9.17, 15) is 19.5 Å². The Morgan fingerprint density at radius 3 is 2.23 bits per heavy atom. The number of aromatic nitrogens is 4. The molecule has 0 spiro atoms. The van der Waals surface area contributed by atoms with E-state index in [2.05, 4.69) is 63.9 Å². The van der Waals surface area contributed by atoms with Gasteiger partial charge in [0.15, 0.2) is 11.4 Å². The van der Waals surface area contributed by atoms with E-state index in [4.69, 9.17) is 15.0 Å². The van der Waals surface area contributed by atoms with Gasteiger partial charge in [-0.1, -0.05) is 89.8 Å². The van der Waals surface area contributed by atoms with Crippen molar-refractivity contribution in [2.24, 2.45) is 5.11 Å². The number of amides is 1. The van der Waals surface area contributed by atoms with Crippen molar-refractivity contribution in [3.8, 4) is 35.2 Å². The van der Waals surface area contributed by atoms with Gasteiger partial charge in [-0.05, 0) is 137 Å². The molecule has 3 aromatic heterocycles. The number of hydrogen-bond donors (Lipinski definition) is 3. The van der Waals surface area contributed by atoms with E-state index in [1.165, 1.54) is 24.3 Å². The van der Waals surface area contributed by atoms with Crippen LogP contribution in [-0.2, 0) is 4.74 Å². The standard InChI is InChI=1S/C21H15N5O2.C21H24N2O3.C13H12N2O/c1-14-4-2-6-16(23-14)9-8-15-5-3-7-17(12-15)24-21(28)19-11-10-18(25-26-22)13-20(19)27;1-4-25-21(24)19-13-14-20(26-16-8-15-23(2)3)18(22-19)12-11-17-9-6-5-7-10-17;1-10-9-13(16)15-12(14-10)8-7-11-5-3-2-4-6-11/h2-7,10-13,27H,1H3,(H,24,28);5-7,9-10,13-14H,4,8,15-16H2,1-3H3;2-9H,1H3,(H,14,15,16). The van der Waals surface area contributed by atoms with Crippen LogP contribution < -0.4 is 15.6 Å². The zero-order valence-electron chi connectivity index (χ0n) is 39.4. The first-order valence-electron chi connectivity index (χ1n) is 22.0. The number of azide groups is 1. The molecule has 70 heavy (non-hydrogen) atoms. The molecule has 0 aliphatic heterocycles. The van der Waals surface area contributed by atoms with Crippen LogP contribution in [-0.4, -0.2) is 75.7 Å². The van der Waals surface area contributed by atoms with Crippen LogP contribution in [0.1, 0.15) is 79.5 Å². The van der Waals surface area contributed by atoms with Crippen molar-refractivity contribution in [3.05, 3.63) is 217 Å². The van der Waals surface area contributed by atoms with Gasteiger partial charge in [0.25, 0.3) is 11.5 Å². The molecule has 4 aromatic carbocycles. The highest BCUT2D eigenvalue weighted by Gasteiger charge is 2.14. The molecule has 0 saturated heterocycles. The predicted molar refractivity (Wildman–Crippen MR) is 273 cm³/mol. The molecule has 0 saturated carbocycles. The molecule has 15 heteroatoms. The highest BCUT2D eigenvalue weighted by Crippen LogP contribution is 2.25. The number of aromatic hydroxyl groups is 1. The van der Waals surface area contributed by atoms with E-state index in [0.717, 1.165) is 35.5 Å². The summed E-state index contributed by atoms with van der Waals surface area (Å²) in [6.07, 6.45) is 4.60. The van der Waals surface area contributed by atoms with Gasteiger partial charge >= 0.3 is 5.97 Å². The number of rotatable bonds is 12. The van der Waals surface area contributed by atoms with Gasteiger partial charge in [0, 0.05) is 51.4 Å². The number of phenols is 1. The van der Waals surface area contributed by atoms with Crippen LogP contribution in [0.5, 0.6) is 11.5 Å². The van der Waals surface area contributed by atoms with Gasteiger partial charge in [0.1, 0.15) is 23.0 Å². The summed E-state index contributed by atoms with van der Waals surface area (Å²) in [4.78, 5) is 55.8. The van der Waals surface area contributed by atoms with E-state index in [0.29, 0.717) is 47.4 Å². The van der Waals surface area contributed by atoms with Crippen LogP contribution in [0.4, 0.5) is 11.4 Å². The van der Waals surface area contributed by atoms with Crippen molar-refractivity contribution in [2.45, 2.75) is 27.2 Å². The number of hydrogen-bond acceptors (Lipinski definition) is 11. The lowest BCUT2D eigenvalue weighted by molar-refractivity contribution is 0.0519. The number of aryl methyl sites for hydroxylation is 2. The molecule has 3 N–H and O–H groups in total. The van der Waals surface area contributed by atoms with Crippen molar-refractivity contribution >= 4 is 35.4 Å². The van der Waals surface area contributed by atoms with E-state index >= 15 is 0 Å². The molecule has 0 radical (unpaired) electrons. The van der Waals surface area contributed by atoms with E-state index in [1.54, 1.807) is 50.3 Å². The van der Waals surface area contributed by atoms with E-state index in [1.807, 2.05) is 112 Å². The molecule has 0 unspecified atom stereocenters. The first-order valence-corrected chi connectivity index (χ1v) is 22.0. The quantitative estimate of drug-likeness (QED) is 0.0264. The minimum atomic E-state index is -0.490. The smallest absolute Gasteiger partial charge is 0.356 e. The fraction of sp³-hybridized carbons (Fsp3) is 0.164. The number of nitrogens with zero attached hydrogens (tertiary/aromatic N) is 7. The Morgan fingerprint density at radius 1 is 0.800 bits per heavy atom. The Hall–Kier alpha value is -9.27. The Morgan fingerprint density at radius 2 is 1.53 bits per heavy atom. The zero-order chi connectivity index (χ0) is 50.1. The average molecular weight is 934 g/mol. The molecule has 0 bridgehead atoms. The van der Waals surface area contributed by atoms with Crippen LogP contribution in [0, 0.1) is 37.5 Å². The summed E-state index contributed by atoms with van der Waals surface area (Å²) >= 11 is 0. The number of pyridine rings is 2. The maximum Gasteiger partial charge on any atom is 0.356 e. The second-order valence-electron chi connectivity index (χ2n) is 15.2. The number of benzene rings is 4. The summed E-state index contributed by atoms with van der Waals surface area (Å²) in [6.45, 7) is 7.24. The maximum atomic E-state index is 12.4. The molecule has 7 rings (SSSR count). The highest BCUT2D eigenvalue weighted by molar-refractivity contribution is 6.06. The third kappa shape index (κ3) is 17.8. The van der Waals surface area contributed by atoms with Gasteiger partial charge in [-0.25, -0.2) is 19.7 Å². The minimum Gasteiger partial charge on any atom is -0.507 e. The summed E-state index contributed by atoms with van der Waals surface area (Å²) in [7, 11) is 4.04. The summed E-state index contributed by atoms with van der Waals surface area (Å²) in [5, 5.41) is 16.1. The van der Waals surface area contributed by atoms with Crippen molar-refractivity contribution < 1.29 is 24.2 Å². The number of phenolic OH excluding ortho intramolecular Hbond substituents is 1. The van der Waals surface area contributed by atoms with E-state index in [-0.39, 0.29) is 28.3 Å². The SMILES string of the molecule is CCOC(=O)c1ccc(OCCCN(C)C)c(C#Cc2ccccc2)n1.Cc1cc(=O)[nH]c(C=Cc2ccccc2)n1.Cc1cccc(C#Cc2cccc(NC(=O)c3ccc(N=[N+]=[N-])cc3O)c2)n1. The summed E-state index contributed by atoms with van der Waals surface area (Å²) < 4.78 is 10.8. The summed E-state index contributed by atoms with van der Waals surface area (Å²) in [5.41, 5.74) is 14.7. The molecule has 3 heterocycles. The third-order valence-corrected chi connectivity index (χ3v) is 9.30. The van der Waals surface area contributed by atoms with Crippen molar-refractivity contribution in [2.75, 3.05) is 39.2 Å². The normalized spacial score (nSPS) is 10.1. The number of ether oxygens (including phenoxy) is 2. The fourth-order valence-electron chi connectivity index (χ4n) is 6.06. The van der Waals surface area contributed by atoms with Gasteiger partial charge in [0.05, 0.1) is 18.8 Å². The lowest BCUT2D eigenvalue weighted by Gasteiger charge is -2.11. The lowest BCUT2D eigenvalue weighted by atomic mass is 10.1. The molecule has 15 nitrogen and oxygen atoms in total. The number of aromatic amines is 1. The third-order valence-electron chi connectivity index (χ3n) is 9.30. The van der Waals surface area contributed by atoms with Crippen molar-refractivity contribution in [1.29, 1.82) is 0 Å². The topological polar surface area (TPSA) is 208 Å². The monoisotopic (exact) mass is 933 g/mol. The number of esters is 1. The Labute approximate surface area is 406 Å². The average Bonchev–Trinajstić information content (AvgIpc) is 3.34. The van der Waals surface area contributed by atoms with Crippen LogP contribution in [0.3, 0.4) is 0 Å². The Bertz CT molecular complexity index is 3140. The number of carbonyl (C=O) groups excluding carboxylic acids is 2. The van der Waals surface area contributed by atoms with Crippen molar-refractivity contribution in [1.82, 2.24) is 24.8 Å². The minimum absolute atomic E-state index is 0.0670. The zero-order valence-corrected chi connectivity index (χ0v) is 39.4. The second kappa shape index (κ2) is 27.4. The van der Waals surface area contributed by atoms with Crippen molar-refractivity contribution in [3.63, 3.8) is 0 Å². The molecule has 0 fully saturated rings. The molecule has 1 amide bonds. The molecule has 7 aromatic rings. The second-order valence-corrected chi connectivity index (χ2v) is 15.2. The predicted octanol–water partition coefficient (Wildman–Crippen LogP) is 9.93. The Balaban J connectivity index is 0.000000203. The van der Waals surface area contributed by atoms with E-state index < -0.39 is 11.9 Å². The molecule has 352 valence electrons. The largest absolute Gasteiger partial charge is 0.507 e. The first-order chi connectivity index (χ1) is 33.9. The van der Waals surface area contributed by atoms with Crippen LogP contribution >= 0.6 is 0 Å². The van der Waals surface area contributed by atoms with Gasteiger partial charge in [0.2, 0.25) is 0 Å². The Kier molecular flexibility index (Phi) is 20.2. The highest BCUT2D eigenvalue weighted by atomic mass is 16.5. The van der Waals surface area contributed by atoms with Crippen LogP contribution in [0.2, 0.25) is 0 Å². The lowest BCUT2D eigenvalue weighted by Crippen LogP contribution is -2.16. The molecular weight excluding hydrogens is 883 g/mol. The molecule has 0 aliphatic rings. The van der Waals surface area contributed by atoms with Gasteiger partial charge in [-0.2, -0.15) is 0 Å². The van der Waals surface area contributed by atoms with Gasteiger partial charge in [-0.15, -0.1) is 0 Å². The van der Waals surface area contributed by atoms with Gasteiger partial charge in [-0.3, -0.25) is 9.59 Å². The number of carbonyl (C=O) groups is 2. The molecular formula is C55H51N9O6. The number of anilines is 1. The summed E-state index contributed by atoms with van der Waals surface area (Å²) in [5.74, 6) is 12.0. The van der Waals surface area contributed by atoms with Crippen LogP contribution in [0.15, 0.2) is 149 Å². The van der Waals surface area contributed by atoms with Crippen LogP contribution in [0.25, 0.3) is 22.6 Å². The fourth-order valence-corrected chi connectivity index (χ4v) is 6.06.